The topological polar surface area (TPSA) is 93.7 Å². The summed E-state index contributed by atoms with van der Waals surface area (Å²) in [5.41, 5.74) is -0.593. The quantitative estimate of drug-likeness (QED) is 0.667. The Morgan fingerprint density at radius 1 is 1.20 bits per heavy atom. The van der Waals surface area contributed by atoms with Crippen molar-refractivity contribution in [1.29, 1.82) is 0 Å². The average Bonchev–Trinajstić information content (AvgIpc) is 2.33. The van der Waals surface area contributed by atoms with Gasteiger partial charge in [-0.1, -0.05) is 0 Å². The fourth-order valence-electron chi connectivity index (χ4n) is 1.26. The second kappa shape index (κ2) is 8.52. The van der Waals surface area contributed by atoms with Crippen LogP contribution < -0.4 is 10.6 Å². The maximum absolute atomic E-state index is 11.5. The van der Waals surface area contributed by atoms with Gasteiger partial charge >= 0.3 is 12.1 Å². The lowest BCUT2D eigenvalue weighted by molar-refractivity contribution is -0.142. The predicted molar refractivity (Wildman–Crippen MR) is 73.3 cm³/mol. The van der Waals surface area contributed by atoms with E-state index in [1.165, 1.54) is 7.11 Å². The SMILES string of the molecule is COC(=O)[C@H](C)NCCC(=O)CNC(=O)OC(C)(C)C. The molecule has 0 aromatic carbocycles. The van der Waals surface area contributed by atoms with E-state index in [-0.39, 0.29) is 24.7 Å². The molecule has 7 heteroatoms. The number of ketones is 1. The van der Waals surface area contributed by atoms with Gasteiger partial charge in [-0.2, -0.15) is 0 Å². The third-order valence-corrected chi connectivity index (χ3v) is 2.24. The summed E-state index contributed by atoms with van der Waals surface area (Å²) in [5, 5.41) is 5.23. The van der Waals surface area contributed by atoms with Crippen LogP contribution in [0.25, 0.3) is 0 Å². The molecule has 1 atom stereocenters. The number of carbonyl (C=O) groups excluding carboxylic acids is 3. The van der Waals surface area contributed by atoms with E-state index < -0.39 is 17.7 Å². The molecule has 0 aromatic heterocycles. The highest BCUT2D eigenvalue weighted by Gasteiger charge is 2.17. The van der Waals surface area contributed by atoms with Gasteiger partial charge in [-0.15, -0.1) is 0 Å². The molecule has 0 bridgehead atoms. The molecule has 0 saturated carbocycles. The lowest BCUT2D eigenvalue weighted by Gasteiger charge is -2.19. The lowest BCUT2D eigenvalue weighted by Crippen LogP contribution is -2.38. The highest BCUT2D eigenvalue weighted by Crippen LogP contribution is 2.06. The molecular weight excluding hydrogens is 264 g/mol. The van der Waals surface area contributed by atoms with Gasteiger partial charge < -0.3 is 20.1 Å². The van der Waals surface area contributed by atoms with Gasteiger partial charge in [0.1, 0.15) is 11.6 Å². The van der Waals surface area contributed by atoms with E-state index in [1.54, 1.807) is 27.7 Å². The normalized spacial score (nSPS) is 12.4. The van der Waals surface area contributed by atoms with Gasteiger partial charge in [-0.25, -0.2) is 4.79 Å². The summed E-state index contributed by atoms with van der Waals surface area (Å²) in [4.78, 5) is 33.9. The monoisotopic (exact) mass is 288 g/mol. The fourth-order valence-corrected chi connectivity index (χ4v) is 1.26. The number of nitrogens with one attached hydrogen (secondary N) is 2. The van der Waals surface area contributed by atoms with Crippen molar-refractivity contribution in [2.24, 2.45) is 0 Å². The summed E-state index contributed by atoms with van der Waals surface area (Å²) in [7, 11) is 1.30. The highest BCUT2D eigenvalue weighted by atomic mass is 16.6. The van der Waals surface area contributed by atoms with Crippen LogP contribution in [-0.4, -0.2) is 49.7 Å². The summed E-state index contributed by atoms with van der Waals surface area (Å²) in [6.07, 6.45) is -0.418. The Kier molecular flexibility index (Phi) is 7.83. The van der Waals surface area contributed by atoms with E-state index in [0.717, 1.165) is 0 Å². The number of esters is 1. The minimum absolute atomic E-state index is 0.0940. The molecule has 0 heterocycles. The molecule has 2 N–H and O–H groups in total. The number of carbonyl (C=O) groups is 3. The van der Waals surface area contributed by atoms with Gasteiger partial charge in [-0.3, -0.25) is 9.59 Å². The summed E-state index contributed by atoms with van der Waals surface area (Å²) in [6.45, 7) is 7.12. The number of alkyl carbamates (subject to hydrolysis) is 1. The largest absolute Gasteiger partial charge is 0.468 e. The van der Waals surface area contributed by atoms with Gasteiger partial charge in [0.05, 0.1) is 13.7 Å². The summed E-state index contributed by atoms with van der Waals surface area (Å²) in [5.74, 6) is -0.537. The molecule has 0 aromatic rings. The number of amides is 1. The van der Waals surface area contributed by atoms with Gasteiger partial charge in [0, 0.05) is 13.0 Å². The molecule has 1 amide bonds. The molecule has 0 aliphatic rings. The Hall–Kier alpha value is -1.63. The van der Waals surface area contributed by atoms with Crippen LogP contribution in [0, 0.1) is 0 Å². The summed E-state index contributed by atoms with van der Waals surface area (Å²) < 4.78 is 9.53. The van der Waals surface area contributed by atoms with Gasteiger partial charge in [-0.05, 0) is 27.7 Å². The van der Waals surface area contributed by atoms with Crippen molar-refractivity contribution >= 4 is 17.8 Å². The van der Waals surface area contributed by atoms with Crippen LogP contribution in [0.15, 0.2) is 0 Å². The molecule has 7 nitrogen and oxygen atoms in total. The van der Waals surface area contributed by atoms with Crippen LogP contribution >= 0.6 is 0 Å². The third-order valence-electron chi connectivity index (χ3n) is 2.24. The highest BCUT2D eigenvalue weighted by molar-refractivity contribution is 5.84. The van der Waals surface area contributed by atoms with E-state index in [0.29, 0.717) is 6.54 Å². The Bertz CT molecular complexity index is 349. The second-order valence-corrected chi connectivity index (χ2v) is 5.34. The molecule has 0 aliphatic carbocycles. The Morgan fingerprint density at radius 3 is 2.30 bits per heavy atom. The van der Waals surface area contributed by atoms with Gasteiger partial charge in [0.2, 0.25) is 0 Å². The van der Waals surface area contributed by atoms with Crippen molar-refractivity contribution in [3.63, 3.8) is 0 Å². The number of methoxy groups -OCH3 is 1. The maximum atomic E-state index is 11.5. The molecule has 0 aliphatic heterocycles. The van der Waals surface area contributed by atoms with Crippen LogP contribution in [0.1, 0.15) is 34.1 Å². The number of hydrogen-bond donors (Lipinski definition) is 2. The molecule has 20 heavy (non-hydrogen) atoms. The Labute approximate surface area is 119 Å². The summed E-state index contributed by atoms with van der Waals surface area (Å²) in [6, 6.07) is -0.466. The van der Waals surface area contributed by atoms with Crippen molar-refractivity contribution in [3.05, 3.63) is 0 Å². The first kappa shape index (κ1) is 18.4. The molecule has 0 radical (unpaired) electrons. The van der Waals surface area contributed by atoms with Crippen LogP contribution in [0.3, 0.4) is 0 Å². The number of ether oxygens (including phenoxy) is 2. The first-order valence-corrected chi connectivity index (χ1v) is 6.45. The zero-order valence-corrected chi connectivity index (χ0v) is 12.7. The van der Waals surface area contributed by atoms with Crippen molar-refractivity contribution in [1.82, 2.24) is 10.6 Å². The summed E-state index contributed by atoms with van der Waals surface area (Å²) >= 11 is 0. The van der Waals surface area contributed by atoms with E-state index in [4.69, 9.17) is 4.74 Å². The molecule has 0 saturated heterocycles. The standard InChI is InChI=1S/C13H24N2O5/c1-9(11(17)19-5)14-7-6-10(16)8-15-12(18)20-13(2,3)4/h9,14H,6-8H2,1-5H3,(H,15,18)/t9-/m0/s1. The van der Waals surface area contributed by atoms with Crippen molar-refractivity contribution in [2.75, 3.05) is 20.2 Å². The van der Waals surface area contributed by atoms with Crippen LogP contribution in [-0.2, 0) is 19.1 Å². The van der Waals surface area contributed by atoms with Crippen LogP contribution in [0.2, 0.25) is 0 Å². The third kappa shape index (κ3) is 9.32. The molecule has 0 unspecified atom stereocenters. The van der Waals surface area contributed by atoms with Crippen LogP contribution in [0.5, 0.6) is 0 Å². The zero-order valence-electron chi connectivity index (χ0n) is 12.7. The minimum Gasteiger partial charge on any atom is -0.468 e. The van der Waals surface area contributed by atoms with E-state index >= 15 is 0 Å². The first-order chi connectivity index (χ1) is 9.15. The maximum Gasteiger partial charge on any atom is 0.408 e. The lowest BCUT2D eigenvalue weighted by atomic mass is 10.2. The fraction of sp³-hybridized carbons (Fsp3) is 0.769. The molecule has 0 fully saturated rings. The Morgan fingerprint density at radius 2 is 1.80 bits per heavy atom. The van der Waals surface area contributed by atoms with E-state index in [2.05, 4.69) is 15.4 Å². The first-order valence-electron chi connectivity index (χ1n) is 6.45. The average molecular weight is 288 g/mol. The van der Waals surface area contributed by atoms with Crippen molar-refractivity contribution < 1.29 is 23.9 Å². The predicted octanol–water partition coefficient (Wildman–Crippen LogP) is 0.621. The van der Waals surface area contributed by atoms with Gasteiger partial charge in [0.15, 0.2) is 5.78 Å². The molecular formula is C13H24N2O5. The minimum atomic E-state index is -0.623. The molecule has 0 rings (SSSR count). The van der Waals surface area contributed by atoms with Crippen molar-refractivity contribution in [2.45, 2.75) is 45.8 Å². The number of Topliss-reactive ketones (excluding diaryl/α,β-unsaturated/α-hetero) is 1. The van der Waals surface area contributed by atoms with Crippen LogP contribution in [0.4, 0.5) is 4.79 Å². The van der Waals surface area contributed by atoms with E-state index in [9.17, 15) is 14.4 Å². The van der Waals surface area contributed by atoms with Crippen molar-refractivity contribution in [3.8, 4) is 0 Å². The van der Waals surface area contributed by atoms with E-state index in [1.807, 2.05) is 0 Å². The Balaban J connectivity index is 3.80. The molecule has 0 spiro atoms. The second-order valence-electron chi connectivity index (χ2n) is 5.34. The number of rotatable bonds is 7. The smallest absolute Gasteiger partial charge is 0.408 e. The zero-order chi connectivity index (χ0) is 15.8. The molecule has 116 valence electrons. The van der Waals surface area contributed by atoms with Gasteiger partial charge in [0.25, 0.3) is 0 Å². The number of hydrogen-bond acceptors (Lipinski definition) is 6.